The number of nitrogens with one attached hydrogen (secondary N) is 2. The maximum absolute atomic E-state index is 5.28. The number of rotatable bonds is 5. The van der Waals surface area contributed by atoms with Crippen LogP contribution in [-0.2, 0) is 0 Å². The summed E-state index contributed by atoms with van der Waals surface area (Å²) in [5, 5.41) is 7.07. The van der Waals surface area contributed by atoms with Crippen molar-refractivity contribution in [3.63, 3.8) is 0 Å². The van der Waals surface area contributed by atoms with Crippen LogP contribution in [0.1, 0.15) is 26.7 Å². The molecule has 2 atom stereocenters. The summed E-state index contributed by atoms with van der Waals surface area (Å²) in [5.41, 5.74) is 0.925. The van der Waals surface area contributed by atoms with E-state index in [1.807, 2.05) is 12.1 Å². The Bertz CT molecular complexity index is 427. The van der Waals surface area contributed by atoms with E-state index in [1.54, 1.807) is 12.4 Å². The van der Waals surface area contributed by atoms with Gasteiger partial charge in [0.15, 0.2) is 5.11 Å². The number of hydrogen-bond donors (Lipinski definition) is 2. The molecule has 116 valence electrons. The van der Waals surface area contributed by atoms with Crippen LogP contribution in [0.4, 0.5) is 5.69 Å². The molecular formula is C16H26N4S. The predicted molar refractivity (Wildman–Crippen MR) is 92.5 cm³/mol. The van der Waals surface area contributed by atoms with Gasteiger partial charge in [-0.1, -0.05) is 13.8 Å². The first kappa shape index (κ1) is 16.2. The fourth-order valence-corrected chi connectivity index (χ4v) is 3.31. The maximum Gasteiger partial charge on any atom is 0.170 e. The van der Waals surface area contributed by atoms with Gasteiger partial charge in [0.25, 0.3) is 0 Å². The Morgan fingerprint density at radius 2 is 2.14 bits per heavy atom. The summed E-state index contributed by atoms with van der Waals surface area (Å²) in [5.74, 6) is 1.66. The lowest BCUT2D eigenvalue weighted by Crippen LogP contribution is -2.40. The van der Waals surface area contributed by atoms with Crippen molar-refractivity contribution >= 4 is 23.0 Å². The third-order valence-electron chi connectivity index (χ3n) is 3.80. The minimum atomic E-state index is 0.670. The zero-order valence-electron chi connectivity index (χ0n) is 13.0. The normalized spacial score (nSPS) is 22.8. The van der Waals surface area contributed by atoms with E-state index < -0.39 is 0 Å². The summed E-state index contributed by atoms with van der Waals surface area (Å²) >= 11 is 5.28. The zero-order valence-corrected chi connectivity index (χ0v) is 13.8. The molecule has 2 rings (SSSR count). The van der Waals surface area contributed by atoms with Crippen molar-refractivity contribution in [2.75, 3.05) is 31.5 Å². The quantitative estimate of drug-likeness (QED) is 0.646. The van der Waals surface area contributed by atoms with Gasteiger partial charge < -0.3 is 15.5 Å². The number of likely N-dealkylation sites (tertiary alicyclic amines) is 1. The molecule has 1 aliphatic rings. The molecule has 2 N–H and O–H groups in total. The van der Waals surface area contributed by atoms with Gasteiger partial charge in [0.2, 0.25) is 0 Å². The Kier molecular flexibility index (Phi) is 6.39. The van der Waals surface area contributed by atoms with Crippen LogP contribution in [0.5, 0.6) is 0 Å². The van der Waals surface area contributed by atoms with E-state index in [4.69, 9.17) is 12.2 Å². The standard InChI is InChI=1S/C16H26N4S/c1-13-9-14(2)12-20(11-13)8-4-7-18-16(21)19-15-5-3-6-17-10-15/h3,5-6,10,13-14H,4,7-9,11-12H2,1-2H3,(H2,18,19,21)/t13-,14+. The van der Waals surface area contributed by atoms with Crippen molar-refractivity contribution in [3.05, 3.63) is 24.5 Å². The van der Waals surface area contributed by atoms with Crippen LogP contribution in [0.15, 0.2) is 24.5 Å². The maximum atomic E-state index is 5.28. The van der Waals surface area contributed by atoms with Gasteiger partial charge in [0.05, 0.1) is 11.9 Å². The smallest absolute Gasteiger partial charge is 0.170 e. The molecule has 5 heteroatoms. The molecule has 4 nitrogen and oxygen atoms in total. The number of piperidine rings is 1. The number of anilines is 1. The first-order valence-corrected chi connectivity index (χ1v) is 8.21. The first-order valence-electron chi connectivity index (χ1n) is 7.80. The van der Waals surface area contributed by atoms with Gasteiger partial charge in [0.1, 0.15) is 0 Å². The Morgan fingerprint density at radius 1 is 1.38 bits per heavy atom. The van der Waals surface area contributed by atoms with E-state index in [2.05, 4.69) is 34.4 Å². The zero-order chi connectivity index (χ0) is 15.1. The van der Waals surface area contributed by atoms with Crippen molar-refractivity contribution in [1.82, 2.24) is 15.2 Å². The van der Waals surface area contributed by atoms with Gasteiger partial charge in [-0.2, -0.15) is 0 Å². The highest BCUT2D eigenvalue weighted by molar-refractivity contribution is 7.80. The van der Waals surface area contributed by atoms with E-state index in [1.165, 1.54) is 19.5 Å². The largest absolute Gasteiger partial charge is 0.362 e. The van der Waals surface area contributed by atoms with E-state index in [-0.39, 0.29) is 0 Å². The van der Waals surface area contributed by atoms with Crippen molar-refractivity contribution in [2.24, 2.45) is 11.8 Å². The number of hydrogen-bond acceptors (Lipinski definition) is 3. The van der Waals surface area contributed by atoms with Crippen LogP contribution in [0.2, 0.25) is 0 Å². The summed E-state index contributed by atoms with van der Waals surface area (Å²) in [7, 11) is 0. The first-order chi connectivity index (χ1) is 10.1. The average molecular weight is 306 g/mol. The number of aromatic nitrogens is 1. The Morgan fingerprint density at radius 3 is 2.81 bits per heavy atom. The average Bonchev–Trinajstić information content (AvgIpc) is 2.44. The van der Waals surface area contributed by atoms with E-state index in [0.29, 0.717) is 5.11 Å². The van der Waals surface area contributed by atoms with Crippen LogP contribution in [0, 0.1) is 11.8 Å². The molecule has 0 aromatic carbocycles. The summed E-state index contributed by atoms with van der Waals surface area (Å²) in [6.45, 7) is 9.25. The van der Waals surface area contributed by atoms with Crippen LogP contribution >= 0.6 is 12.2 Å². The SMILES string of the molecule is C[C@@H]1C[C@H](C)CN(CCCNC(=S)Nc2cccnc2)C1. The summed E-state index contributed by atoms with van der Waals surface area (Å²) in [4.78, 5) is 6.63. The highest BCUT2D eigenvalue weighted by atomic mass is 32.1. The van der Waals surface area contributed by atoms with Gasteiger partial charge in [0, 0.05) is 25.8 Å². The number of pyridine rings is 1. The third-order valence-corrected chi connectivity index (χ3v) is 4.05. The van der Waals surface area contributed by atoms with Crippen LogP contribution in [0.3, 0.4) is 0 Å². The Hall–Kier alpha value is -1.20. The minimum Gasteiger partial charge on any atom is -0.362 e. The summed E-state index contributed by atoms with van der Waals surface area (Å²) in [6.07, 6.45) is 6.01. The second-order valence-corrected chi connectivity index (χ2v) is 6.59. The van der Waals surface area contributed by atoms with Gasteiger partial charge in [-0.3, -0.25) is 4.98 Å². The lowest BCUT2D eigenvalue weighted by molar-refractivity contribution is 0.140. The third kappa shape index (κ3) is 5.98. The lowest BCUT2D eigenvalue weighted by Gasteiger charge is -2.34. The van der Waals surface area contributed by atoms with Crippen LogP contribution in [0.25, 0.3) is 0 Å². The van der Waals surface area contributed by atoms with Crippen LogP contribution < -0.4 is 10.6 Å². The van der Waals surface area contributed by atoms with Crippen molar-refractivity contribution in [1.29, 1.82) is 0 Å². The molecular weight excluding hydrogens is 280 g/mol. The monoisotopic (exact) mass is 306 g/mol. The molecule has 1 aromatic heterocycles. The van der Waals surface area contributed by atoms with E-state index in [0.717, 1.165) is 37.0 Å². The van der Waals surface area contributed by atoms with Crippen molar-refractivity contribution in [2.45, 2.75) is 26.7 Å². The van der Waals surface area contributed by atoms with Gasteiger partial charge in [-0.15, -0.1) is 0 Å². The van der Waals surface area contributed by atoms with Gasteiger partial charge in [-0.25, -0.2) is 0 Å². The Balaban J connectivity index is 1.60. The second kappa shape index (κ2) is 8.29. The molecule has 2 heterocycles. The lowest BCUT2D eigenvalue weighted by atomic mass is 9.92. The van der Waals surface area contributed by atoms with E-state index >= 15 is 0 Å². The Labute approximate surface area is 133 Å². The summed E-state index contributed by atoms with van der Waals surface area (Å²) in [6, 6.07) is 3.85. The van der Waals surface area contributed by atoms with Crippen molar-refractivity contribution in [3.8, 4) is 0 Å². The van der Waals surface area contributed by atoms with Gasteiger partial charge >= 0.3 is 0 Å². The molecule has 0 aliphatic carbocycles. The molecule has 21 heavy (non-hydrogen) atoms. The highest BCUT2D eigenvalue weighted by Crippen LogP contribution is 2.20. The molecule has 0 bridgehead atoms. The minimum absolute atomic E-state index is 0.670. The predicted octanol–water partition coefficient (Wildman–Crippen LogP) is 2.74. The summed E-state index contributed by atoms with van der Waals surface area (Å²) < 4.78 is 0. The molecule has 0 radical (unpaired) electrons. The molecule has 1 aliphatic heterocycles. The molecule has 1 fully saturated rings. The fraction of sp³-hybridized carbons (Fsp3) is 0.625. The molecule has 0 amide bonds. The van der Waals surface area contributed by atoms with Gasteiger partial charge in [-0.05, 0) is 55.6 Å². The molecule has 1 aromatic rings. The molecule has 0 unspecified atom stereocenters. The molecule has 0 spiro atoms. The topological polar surface area (TPSA) is 40.2 Å². The molecule has 1 saturated heterocycles. The highest BCUT2D eigenvalue weighted by Gasteiger charge is 2.20. The van der Waals surface area contributed by atoms with Crippen LogP contribution in [-0.4, -0.2) is 41.2 Å². The number of nitrogens with zero attached hydrogens (tertiary/aromatic N) is 2. The second-order valence-electron chi connectivity index (χ2n) is 6.18. The fourth-order valence-electron chi connectivity index (χ4n) is 3.09. The number of thiocarbonyl (C=S) groups is 1. The van der Waals surface area contributed by atoms with Crippen molar-refractivity contribution < 1.29 is 0 Å². The van der Waals surface area contributed by atoms with E-state index in [9.17, 15) is 0 Å². The molecule has 0 saturated carbocycles.